The minimum atomic E-state index is -0.785. The number of nitrogens with one attached hydrogen (secondary N) is 1. The highest BCUT2D eigenvalue weighted by Crippen LogP contribution is 2.76. The van der Waals surface area contributed by atoms with Gasteiger partial charge in [-0.25, -0.2) is 4.79 Å². The van der Waals surface area contributed by atoms with Gasteiger partial charge in [0.15, 0.2) is 0 Å². The number of hydrogen-bond donors (Lipinski definition) is 1. The molecule has 0 saturated carbocycles. The second-order valence-corrected chi connectivity index (χ2v) is 20.2. The van der Waals surface area contributed by atoms with Gasteiger partial charge in [0.1, 0.15) is 5.60 Å². The van der Waals surface area contributed by atoms with Crippen molar-refractivity contribution in [2.24, 2.45) is 27.1 Å². The fourth-order valence-corrected chi connectivity index (χ4v) is 11.9. The van der Waals surface area contributed by atoms with E-state index in [1.807, 2.05) is 6.92 Å². The third kappa shape index (κ3) is 4.10. The average molecular weight is 606 g/mol. The molecule has 5 heteroatoms. The van der Waals surface area contributed by atoms with Crippen molar-refractivity contribution in [2.45, 2.75) is 205 Å². The summed E-state index contributed by atoms with van der Waals surface area (Å²) >= 11 is 0. The number of ether oxygens (including phenoxy) is 1. The zero-order valence-corrected chi connectivity index (χ0v) is 33.4. The fourth-order valence-electron chi connectivity index (χ4n) is 11.9. The maximum Gasteiger partial charge on any atom is 0.407 e. The van der Waals surface area contributed by atoms with Gasteiger partial charge in [-0.1, -0.05) is 62.3 Å². The summed E-state index contributed by atoms with van der Waals surface area (Å²) in [6.07, 6.45) is -0.345. The van der Waals surface area contributed by atoms with Gasteiger partial charge < -0.3 is 10.1 Å². The first-order valence-corrected chi connectivity index (χ1v) is 17.0. The Bertz CT molecular complexity index is 1070. The highest BCUT2D eigenvalue weighted by Gasteiger charge is 2.82. The van der Waals surface area contributed by atoms with Crippen LogP contribution >= 0.6 is 0 Å². The Hall–Kier alpha value is -0.810. The normalized spacial score (nSPS) is 32.1. The lowest BCUT2D eigenvalue weighted by molar-refractivity contribution is -0.372. The van der Waals surface area contributed by atoms with Gasteiger partial charge in [-0.3, -0.25) is 9.80 Å². The van der Waals surface area contributed by atoms with Gasteiger partial charge >= 0.3 is 6.09 Å². The van der Waals surface area contributed by atoms with Crippen molar-refractivity contribution in [3.63, 3.8) is 0 Å². The average Bonchev–Trinajstić information content (AvgIpc) is 2.73. The second-order valence-electron chi connectivity index (χ2n) is 20.2. The van der Waals surface area contributed by atoms with Gasteiger partial charge in [-0.15, -0.1) is 0 Å². The van der Waals surface area contributed by atoms with Crippen LogP contribution in [0.1, 0.15) is 166 Å². The molecular formula is C38H75N3O2. The largest absolute Gasteiger partial charge is 0.443 e. The van der Waals surface area contributed by atoms with Crippen LogP contribution < -0.4 is 5.32 Å². The molecule has 0 spiro atoms. The van der Waals surface area contributed by atoms with Gasteiger partial charge in [0.05, 0.1) is 0 Å². The summed E-state index contributed by atoms with van der Waals surface area (Å²) in [6.45, 7) is 58.5. The number of alkyl carbamates (subject to hydrolysis) is 1. The number of hydrogen-bond acceptors (Lipinski definition) is 4. The molecule has 2 aliphatic rings. The first-order chi connectivity index (χ1) is 18.4. The Kier molecular flexibility index (Phi) is 8.58. The number of carbonyl (C=O) groups excluding carboxylic acids is 1. The van der Waals surface area contributed by atoms with E-state index in [4.69, 9.17) is 4.74 Å². The van der Waals surface area contributed by atoms with E-state index in [-0.39, 0.29) is 55.4 Å². The van der Waals surface area contributed by atoms with Crippen LogP contribution in [0.15, 0.2) is 0 Å². The lowest BCUT2D eigenvalue weighted by Crippen LogP contribution is -2.93. The van der Waals surface area contributed by atoms with Gasteiger partial charge in [-0.05, 0) is 115 Å². The smallest absolute Gasteiger partial charge is 0.407 e. The Morgan fingerprint density at radius 3 is 1.28 bits per heavy atom. The zero-order chi connectivity index (χ0) is 34.9. The molecule has 1 atom stereocenters. The number of amides is 1. The molecule has 2 saturated heterocycles. The third-order valence-electron chi connectivity index (χ3n) is 16.3. The van der Waals surface area contributed by atoms with E-state index in [1.54, 1.807) is 0 Å². The van der Waals surface area contributed by atoms with E-state index < -0.39 is 16.6 Å². The van der Waals surface area contributed by atoms with Crippen molar-refractivity contribution < 1.29 is 9.53 Å². The van der Waals surface area contributed by atoms with Gasteiger partial charge in [0.25, 0.3) is 0 Å². The van der Waals surface area contributed by atoms with Crippen molar-refractivity contribution in [3.8, 4) is 0 Å². The summed E-state index contributed by atoms with van der Waals surface area (Å²) in [7, 11) is 0. The Labute approximate surface area is 269 Å². The molecule has 1 amide bonds. The number of likely N-dealkylation sites (tertiary alicyclic amines) is 2. The summed E-state index contributed by atoms with van der Waals surface area (Å²) in [4.78, 5) is 18.9. The van der Waals surface area contributed by atoms with Crippen LogP contribution in [0.5, 0.6) is 0 Å². The van der Waals surface area contributed by atoms with E-state index in [9.17, 15) is 4.79 Å². The second kappa shape index (κ2) is 9.61. The molecule has 0 bridgehead atoms. The molecule has 1 N–H and O–H groups in total. The van der Waals surface area contributed by atoms with Crippen LogP contribution in [-0.2, 0) is 4.74 Å². The molecule has 2 heterocycles. The predicted octanol–water partition coefficient (Wildman–Crippen LogP) is 9.93. The molecule has 2 fully saturated rings. The molecule has 2 aliphatic heterocycles. The summed E-state index contributed by atoms with van der Waals surface area (Å²) < 4.78 is 6.48. The maximum absolute atomic E-state index is 13.2. The number of carbonyl (C=O) groups is 1. The molecule has 254 valence electrons. The lowest BCUT2D eigenvalue weighted by atomic mass is 9.34. The van der Waals surface area contributed by atoms with Crippen LogP contribution in [0, 0.1) is 27.1 Å². The molecule has 0 aromatic rings. The highest BCUT2D eigenvalue weighted by molar-refractivity contribution is 5.67. The SMILES string of the molecule is CCNC(=O)OC(C)(C)C1(C)C(C)(C)N(C2(C)C(C)(C)C(C)(C)N(C(C)(C)C)C(C)(C)C2(C)C)C(C)(C)C(C)(C)C1(C)C. The van der Waals surface area contributed by atoms with E-state index in [0.717, 1.165) is 0 Å². The van der Waals surface area contributed by atoms with Crippen molar-refractivity contribution in [1.82, 2.24) is 15.1 Å². The third-order valence-corrected chi connectivity index (χ3v) is 16.3. The van der Waals surface area contributed by atoms with Crippen LogP contribution in [0.2, 0.25) is 0 Å². The minimum absolute atomic E-state index is 0.0337. The quantitative estimate of drug-likeness (QED) is 0.346. The van der Waals surface area contributed by atoms with E-state index in [2.05, 4.69) is 174 Å². The monoisotopic (exact) mass is 606 g/mol. The molecular weight excluding hydrogens is 530 g/mol. The van der Waals surface area contributed by atoms with Gasteiger partial charge in [0, 0.05) is 56.0 Å². The molecule has 0 aliphatic carbocycles. The number of rotatable bonds is 4. The zero-order valence-electron chi connectivity index (χ0n) is 33.4. The number of nitrogens with zero attached hydrogens (tertiary/aromatic N) is 2. The summed E-state index contributed by atoms with van der Waals surface area (Å²) in [5.74, 6) is 0. The molecule has 2 rings (SSSR count). The molecule has 1 unspecified atom stereocenters. The summed E-state index contributed by atoms with van der Waals surface area (Å²) in [6, 6.07) is 0. The Morgan fingerprint density at radius 2 is 0.953 bits per heavy atom. The summed E-state index contributed by atoms with van der Waals surface area (Å²) in [5, 5.41) is 2.92. The van der Waals surface area contributed by atoms with Gasteiger partial charge in [-0.2, -0.15) is 0 Å². The highest BCUT2D eigenvalue weighted by atomic mass is 16.6. The maximum atomic E-state index is 13.2. The van der Waals surface area contributed by atoms with Crippen molar-refractivity contribution in [2.75, 3.05) is 6.54 Å². The van der Waals surface area contributed by atoms with Crippen LogP contribution in [0.4, 0.5) is 4.79 Å². The topological polar surface area (TPSA) is 44.8 Å². The minimum Gasteiger partial charge on any atom is -0.443 e. The van der Waals surface area contributed by atoms with Crippen molar-refractivity contribution >= 4 is 6.09 Å². The molecule has 43 heavy (non-hydrogen) atoms. The van der Waals surface area contributed by atoms with Crippen molar-refractivity contribution in [3.05, 3.63) is 0 Å². The van der Waals surface area contributed by atoms with Crippen LogP contribution in [0.3, 0.4) is 0 Å². The van der Waals surface area contributed by atoms with Gasteiger partial charge in [0.2, 0.25) is 0 Å². The molecule has 0 radical (unpaired) electrons. The first kappa shape index (κ1) is 38.4. The first-order valence-electron chi connectivity index (χ1n) is 17.0. The molecule has 5 nitrogen and oxygen atoms in total. The van der Waals surface area contributed by atoms with Crippen LogP contribution in [-0.4, -0.2) is 61.3 Å². The molecule has 0 aromatic carbocycles. The fraction of sp³-hybridized carbons (Fsp3) is 0.974. The number of piperidine rings is 2. The predicted molar refractivity (Wildman–Crippen MR) is 186 cm³/mol. The van der Waals surface area contributed by atoms with E-state index in [0.29, 0.717) is 6.54 Å². The van der Waals surface area contributed by atoms with Crippen molar-refractivity contribution in [1.29, 1.82) is 0 Å². The Balaban J connectivity index is 3.22. The van der Waals surface area contributed by atoms with E-state index >= 15 is 0 Å². The lowest BCUT2D eigenvalue weighted by Gasteiger charge is -2.86. The van der Waals surface area contributed by atoms with Crippen LogP contribution in [0.25, 0.3) is 0 Å². The Morgan fingerprint density at radius 1 is 0.581 bits per heavy atom. The standard InChI is InChI=1S/C38H75N3O2/c1-25-39-26(42)43-36(21,22)37(23)29(7,8)28(5,6)32(13,14)41(35(37,19)20)38(24)30(9,10)33(15,16)40(27(2,3)4)34(17,18)31(38,11)12/h25H2,1-24H3,(H,39,42). The van der Waals surface area contributed by atoms with E-state index in [1.165, 1.54) is 0 Å². The summed E-state index contributed by atoms with van der Waals surface area (Å²) in [5.41, 5.74) is -3.34. The molecule has 0 aromatic heterocycles.